The molecular formula is C17H25N3O4S. The van der Waals surface area contributed by atoms with E-state index >= 15 is 0 Å². The predicted octanol–water partition coefficient (Wildman–Crippen LogP) is 0.578. The Morgan fingerprint density at radius 1 is 1.32 bits per heavy atom. The zero-order valence-electron chi connectivity index (χ0n) is 14.4. The Balaban J connectivity index is 1.73. The molecule has 138 valence electrons. The summed E-state index contributed by atoms with van der Waals surface area (Å²) in [5.41, 5.74) is 0.375. The molecule has 0 bridgehead atoms. The second kappa shape index (κ2) is 7.82. The topological polar surface area (TPSA) is 87.7 Å². The number of hydrogen-bond donors (Lipinski definition) is 2. The van der Waals surface area contributed by atoms with Gasteiger partial charge < -0.3 is 15.4 Å². The molecule has 0 aromatic heterocycles. The summed E-state index contributed by atoms with van der Waals surface area (Å²) in [6.45, 7) is 4.43. The van der Waals surface area contributed by atoms with Gasteiger partial charge in [-0.25, -0.2) is 8.42 Å². The monoisotopic (exact) mass is 367 g/mol. The first-order chi connectivity index (χ1) is 12.0. The normalized spacial score (nSPS) is 25.5. The second-order valence-electron chi connectivity index (χ2n) is 6.59. The molecule has 2 aliphatic rings. The van der Waals surface area contributed by atoms with Crippen LogP contribution in [0.4, 0.5) is 0 Å². The van der Waals surface area contributed by atoms with Gasteiger partial charge in [0, 0.05) is 30.7 Å². The van der Waals surface area contributed by atoms with Crippen LogP contribution in [0.25, 0.3) is 0 Å². The molecule has 0 aliphatic carbocycles. The van der Waals surface area contributed by atoms with Crippen LogP contribution in [0.2, 0.25) is 0 Å². The van der Waals surface area contributed by atoms with E-state index in [2.05, 4.69) is 17.6 Å². The maximum absolute atomic E-state index is 12.7. The number of carbonyl (C=O) groups excluding carboxylic acids is 1. The van der Waals surface area contributed by atoms with Crippen LogP contribution in [0.5, 0.6) is 0 Å². The van der Waals surface area contributed by atoms with E-state index in [0.29, 0.717) is 37.9 Å². The third kappa shape index (κ3) is 4.38. The van der Waals surface area contributed by atoms with Gasteiger partial charge in [0.15, 0.2) is 0 Å². The highest BCUT2D eigenvalue weighted by molar-refractivity contribution is 7.89. The lowest BCUT2D eigenvalue weighted by molar-refractivity contribution is 0.0730. The number of sulfonamides is 1. The maximum atomic E-state index is 12.7. The standard InChI is InChI=1S/C17H25N3O4S/c1-13-11-15(5-6-18-13)19-17(21)14-3-2-4-16(12-14)25(22,23)20-7-9-24-10-8-20/h2-4,12-13,15,18H,5-11H2,1H3,(H,19,21). The van der Waals surface area contributed by atoms with Gasteiger partial charge in [0.05, 0.1) is 18.1 Å². The summed E-state index contributed by atoms with van der Waals surface area (Å²) in [4.78, 5) is 12.7. The molecular weight excluding hydrogens is 342 g/mol. The highest BCUT2D eigenvalue weighted by Crippen LogP contribution is 2.19. The summed E-state index contributed by atoms with van der Waals surface area (Å²) in [5.74, 6) is -0.224. The predicted molar refractivity (Wildman–Crippen MR) is 94.0 cm³/mol. The van der Waals surface area contributed by atoms with Crippen molar-refractivity contribution in [2.45, 2.75) is 36.7 Å². The minimum absolute atomic E-state index is 0.114. The molecule has 2 fully saturated rings. The number of rotatable bonds is 4. The summed E-state index contributed by atoms with van der Waals surface area (Å²) in [6, 6.07) is 6.75. The van der Waals surface area contributed by atoms with Crippen molar-refractivity contribution in [3.8, 4) is 0 Å². The molecule has 2 saturated heterocycles. The van der Waals surface area contributed by atoms with E-state index in [9.17, 15) is 13.2 Å². The van der Waals surface area contributed by atoms with Crippen molar-refractivity contribution in [3.63, 3.8) is 0 Å². The Hall–Kier alpha value is -1.48. The Kier molecular flexibility index (Phi) is 5.73. The molecule has 2 unspecified atom stereocenters. The number of hydrogen-bond acceptors (Lipinski definition) is 5. The summed E-state index contributed by atoms with van der Waals surface area (Å²) in [6.07, 6.45) is 1.75. The van der Waals surface area contributed by atoms with E-state index in [1.807, 2.05) is 0 Å². The summed E-state index contributed by atoms with van der Waals surface area (Å²) >= 11 is 0. The average Bonchev–Trinajstić information content (AvgIpc) is 2.62. The molecule has 3 rings (SSSR count). The van der Waals surface area contributed by atoms with Gasteiger partial charge in [-0.15, -0.1) is 0 Å². The molecule has 8 heteroatoms. The molecule has 0 radical (unpaired) electrons. The number of carbonyl (C=O) groups is 1. The van der Waals surface area contributed by atoms with Crippen molar-refractivity contribution in [2.24, 2.45) is 0 Å². The fourth-order valence-corrected chi connectivity index (χ4v) is 4.72. The number of ether oxygens (including phenoxy) is 1. The van der Waals surface area contributed by atoms with Crippen LogP contribution < -0.4 is 10.6 Å². The molecule has 0 spiro atoms. The first-order valence-electron chi connectivity index (χ1n) is 8.69. The summed E-state index contributed by atoms with van der Waals surface area (Å²) in [7, 11) is -3.60. The van der Waals surface area contributed by atoms with Crippen LogP contribution in [0.1, 0.15) is 30.1 Å². The Morgan fingerprint density at radius 2 is 2.08 bits per heavy atom. The first kappa shape index (κ1) is 18.3. The molecule has 2 aliphatic heterocycles. The molecule has 25 heavy (non-hydrogen) atoms. The van der Waals surface area contributed by atoms with Crippen LogP contribution in [0.15, 0.2) is 29.2 Å². The van der Waals surface area contributed by atoms with Crippen LogP contribution in [0, 0.1) is 0 Å². The number of benzene rings is 1. The van der Waals surface area contributed by atoms with Crippen LogP contribution >= 0.6 is 0 Å². The molecule has 1 aromatic carbocycles. The van der Waals surface area contributed by atoms with E-state index in [0.717, 1.165) is 19.4 Å². The highest BCUT2D eigenvalue weighted by Gasteiger charge is 2.27. The molecule has 2 heterocycles. The molecule has 1 aromatic rings. The zero-order valence-corrected chi connectivity index (χ0v) is 15.2. The van der Waals surface area contributed by atoms with Gasteiger partial charge in [-0.05, 0) is 44.5 Å². The van der Waals surface area contributed by atoms with Crippen molar-refractivity contribution in [2.75, 3.05) is 32.8 Å². The molecule has 2 N–H and O–H groups in total. The third-order valence-corrected chi connectivity index (χ3v) is 6.56. The van der Waals surface area contributed by atoms with Gasteiger partial charge in [0.1, 0.15) is 0 Å². The Bertz CT molecular complexity index is 716. The smallest absolute Gasteiger partial charge is 0.251 e. The Morgan fingerprint density at radius 3 is 2.80 bits per heavy atom. The van der Waals surface area contributed by atoms with Crippen molar-refractivity contribution < 1.29 is 17.9 Å². The lowest BCUT2D eigenvalue weighted by atomic mass is 10.0. The summed E-state index contributed by atoms with van der Waals surface area (Å²) in [5, 5.41) is 6.36. The zero-order chi connectivity index (χ0) is 17.9. The second-order valence-corrected chi connectivity index (χ2v) is 8.53. The number of amides is 1. The van der Waals surface area contributed by atoms with E-state index in [1.54, 1.807) is 12.1 Å². The van der Waals surface area contributed by atoms with Crippen LogP contribution in [0.3, 0.4) is 0 Å². The summed E-state index contributed by atoms with van der Waals surface area (Å²) < 4.78 is 32.1. The Labute approximate surface area is 148 Å². The lowest BCUT2D eigenvalue weighted by Gasteiger charge is -2.28. The van der Waals surface area contributed by atoms with Gasteiger partial charge >= 0.3 is 0 Å². The van der Waals surface area contributed by atoms with Gasteiger partial charge in [-0.3, -0.25) is 4.79 Å². The average molecular weight is 367 g/mol. The van der Waals surface area contributed by atoms with E-state index in [-0.39, 0.29) is 16.8 Å². The van der Waals surface area contributed by atoms with E-state index in [1.165, 1.54) is 16.4 Å². The van der Waals surface area contributed by atoms with E-state index < -0.39 is 10.0 Å². The number of piperidine rings is 1. The molecule has 2 atom stereocenters. The number of nitrogens with zero attached hydrogens (tertiary/aromatic N) is 1. The minimum Gasteiger partial charge on any atom is -0.379 e. The quantitative estimate of drug-likeness (QED) is 0.813. The first-order valence-corrected chi connectivity index (χ1v) is 10.1. The highest BCUT2D eigenvalue weighted by atomic mass is 32.2. The van der Waals surface area contributed by atoms with Crippen LogP contribution in [-0.4, -0.2) is 63.6 Å². The molecule has 0 saturated carbocycles. The van der Waals surface area contributed by atoms with Gasteiger partial charge in [0.25, 0.3) is 5.91 Å². The van der Waals surface area contributed by atoms with Crippen molar-refractivity contribution >= 4 is 15.9 Å². The van der Waals surface area contributed by atoms with Crippen LogP contribution in [-0.2, 0) is 14.8 Å². The number of nitrogens with one attached hydrogen (secondary N) is 2. The lowest BCUT2D eigenvalue weighted by Crippen LogP contribution is -2.46. The van der Waals surface area contributed by atoms with Gasteiger partial charge in [-0.2, -0.15) is 4.31 Å². The number of morpholine rings is 1. The molecule has 1 amide bonds. The van der Waals surface area contributed by atoms with Crippen molar-refractivity contribution in [3.05, 3.63) is 29.8 Å². The SMILES string of the molecule is CC1CC(NC(=O)c2cccc(S(=O)(=O)N3CCOCC3)c2)CCN1. The fourth-order valence-electron chi connectivity index (χ4n) is 3.27. The van der Waals surface area contributed by atoms with Crippen molar-refractivity contribution in [1.82, 2.24) is 14.9 Å². The molecule has 7 nitrogen and oxygen atoms in total. The third-order valence-electron chi connectivity index (χ3n) is 4.66. The fraction of sp³-hybridized carbons (Fsp3) is 0.588. The minimum atomic E-state index is -3.60. The largest absolute Gasteiger partial charge is 0.379 e. The maximum Gasteiger partial charge on any atom is 0.251 e. The van der Waals surface area contributed by atoms with Crippen molar-refractivity contribution in [1.29, 1.82) is 0 Å². The van der Waals surface area contributed by atoms with E-state index in [4.69, 9.17) is 4.74 Å². The van der Waals surface area contributed by atoms with Gasteiger partial charge in [-0.1, -0.05) is 6.07 Å². The van der Waals surface area contributed by atoms with Gasteiger partial charge in [0.2, 0.25) is 10.0 Å².